The Hall–Kier alpha value is -2.27. The molecule has 0 unspecified atom stereocenters. The second kappa shape index (κ2) is 6.96. The van der Waals surface area contributed by atoms with Crippen molar-refractivity contribution in [2.75, 3.05) is 0 Å². The smallest absolute Gasteiger partial charge is 0.159 e. The van der Waals surface area contributed by atoms with Crippen molar-refractivity contribution in [1.82, 2.24) is 9.38 Å². The molecule has 146 valence electrons. The Morgan fingerprint density at radius 1 is 0.929 bits per heavy atom. The van der Waals surface area contributed by atoms with Crippen molar-refractivity contribution in [3.8, 4) is 0 Å². The lowest BCUT2D eigenvalue weighted by Gasteiger charge is -2.33. The third kappa shape index (κ3) is 3.12. The van der Waals surface area contributed by atoms with Gasteiger partial charge in [0.25, 0.3) is 0 Å². The van der Waals surface area contributed by atoms with Crippen LogP contribution in [0.1, 0.15) is 73.3 Å². The average Bonchev–Trinajstić information content (AvgIpc) is 3.45. The molecule has 0 radical (unpaired) electrons. The number of fused-ring (bicyclic) bond motifs is 1. The van der Waals surface area contributed by atoms with Gasteiger partial charge < -0.3 is 9.51 Å². The fourth-order valence-corrected chi connectivity index (χ4v) is 4.84. The van der Waals surface area contributed by atoms with Gasteiger partial charge in [-0.1, -0.05) is 12.1 Å². The standard InChI is InChI=1S/C23H24F2N2O/c24-20-10-7-17(11-21(20)25)14-1-5-16(6-2-14)23(28)22-19(15-3-4-15)9-8-18-12-26-13-27(18)22/h7-16,23,28H,1-6H2/t14?,16?,23-/m0/s1. The van der Waals surface area contributed by atoms with E-state index < -0.39 is 17.7 Å². The summed E-state index contributed by atoms with van der Waals surface area (Å²) < 4.78 is 28.8. The zero-order valence-electron chi connectivity index (χ0n) is 15.7. The van der Waals surface area contributed by atoms with E-state index in [2.05, 4.69) is 17.1 Å². The van der Waals surface area contributed by atoms with Crippen molar-refractivity contribution in [3.05, 3.63) is 71.3 Å². The van der Waals surface area contributed by atoms with Gasteiger partial charge in [-0.15, -0.1) is 0 Å². The Labute approximate surface area is 163 Å². The summed E-state index contributed by atoms with van der Waals surface area (Å²) in [6, 6.07) is 8.47. The number of hydrogen-bond acceptors (Lipinski definition) is 2. The van der Waals surface area contributed by atoms with E-state index in [9.17, 15) is 13.9 Å². The number of nitrogens with zero attached hydrogens (tertiary/aromatic N) is 2. The zero-order valence-corrected chi connectivity index (χ0v) is 15.7. The number of benzene rings is 1. The summed E-state index contributed by atoms with van der Waals surface area (Å²) in [4.78, 5) is 4.26. The molecule has 5 rings (SSSR count). The summed E-state index contributed by atoms with van der Waals surface area (Å²) in [5.74, 6) is -0.623. The first-order valence-corrected chi connectivity index (χ1v) is 10.2. The van der Waals surface area contributed by atoms with E-state index in [0.29, 0.717) is 5.92 Å². The SMILES string of the molecule is O[C@H](c1c(C2CC2)ccc2cncn12)C1CCC(c2ccc(F)c(F)c2)CC1. The first-order chi connectivity index (χ1) is 13.6. The molecule has 1 atom stereocenters. The van der Waals surface area contributed by atoms with Crippen molar-refractivity contribution in [3.63, 3.8) is 0 Å². The average molecular weight is 382 g/mol. The highest BCUT2D eigenvalue weighted by molar-refractivity contribution is 5.50. The van der Waals surface area contributed by atoms with E-state index in [0.717, 1.165) is 42.5 Å². The van der Waals surface area contributed by atoms with Crippen molar-refractivity contribution < 1.29 is 13.9 Å². The summed E-state index contributed by atoms with van der Waals surface area (Å²) in [5, 5.41) is 11.3. The van der Waals surface area contributed by atoms with E-state index in [-0.39, 0.29) is 11.8 Å². The van der Waals surface area contributed by atoms with Gasteiger partial charge in [0, 0.05) is 0 Å². The first kappa shape index (κ1) is 17.8. The highest BCUT2D eigenvalue weighted by Gasteiger charge is 2.34. The summed E-state index contributed by atoms with van der Waals surface area (Å²) in [5.41, 5.74) is 4.12. The normalized spacial score (nSPS) is 23.8. The van der Waals surface area contributed by atoms with Crippen LogP contribution in [0.3, 0.4) is 0 Å². The van der Waals surface area contributed by atoms with Crippen LogP contribution in [0.2, 0.25) is 0 Å². The topological polar surface area (TPSA) is 37.5 Å². The fourth-order valence-electron chi connectivity index (χ4n) is 4.84. The number of halogens is 2. The van der Waals surface area contributed by atoms with Gasteiger partial charge in [0.15, 0.2) is 11.6 Å². The minimum atomic E-state index is -0.797. The van der Waals surface area contributed by atoms with Crippen LogP contribution in [-0.4, -0.2) is 14.5 Å². The monoisotopic (exact) mass is 382 g/mol. The second-order valence-corrected chi connectivity index (χ2v) is 8.37. The lowest BCUT2D eigenvalue weighted by atomic mass is 9.75. The highest BCUT2D eigenvalue weighted by Crippen LogP contribution is 2.47. The predicted molar refractivity (Wildman–Crippen MR) is 103 cm³/mol. The van der Waals surface area contributed by atoms with Gasteiger partial charge >= 0.3 is 0 Å². The van der Waals surface area contributed by atoms with Gasteiger partial charge in [0.2, 0.25) is 0 Å². The van der Waals surface area contributed by atoms with Crippen LogP contribution in [0.25, 0.3) is 5.52 Å². The van der Waals surface area contributed by atoms with Crippen LogP contribution in [0.4, 0.5) is 8.78 Å². The van der Waals surface area contributed by atoms with Crippen molar-refractivity contribution in [1.29, 1.82) is 0 Å². The van der Waals surface area contributed by atoms with Crippen LogP contribution in [-0.2, 0) is 0 Å². The summed E-state index contributed by atoms with van der Waals surface area (Å²) in [6.07, 6.45) is 8.97. The van der Waals surface area contributed by atoms with E-state index in [1.807, 2.05) is 10.6 Å². The summed E-state index contributed by atoms with van der Waals surface area (Å²) >= 11 is 0. The molecule has 28 heavy (non-hydrogen) atoms. The Morgan fingerprint density at radius 2 is 1.68 bits per heavy atom. The number of aliphatic hydroxyl groups is 1. The zero-order chi connectivity index (χ0) is 19.3. The van der Waals surface area contributed by atoms with Crippen LogP contribution in [0.5, 0.6) is 0 Å². The third-order valence-corrected chi connectivity index (χ3v) is 6.59. The van der Waals surface area contributed by atoms with Gasteiger partial charge in [-0.3, -0.25) is 0 Å². The molecule has 3 aromatic rings. The largest absolute Gasteiger partial charge is 0.387 e. The van der Waals surface area contributed by atoms with Crippen LogP contribution in [0, 0.1) is 17.6 Å². The van der Waals surface area contributed by atoms with Crippen LogP contribution < -0.4 is 0 Å². The third-order valence-electron chi connectivity index (χ3n) is 6.59. The minimum Gasteiger partial charge on any atom is -0.387 e. The first-order valence-electron chi connectivity index (χ1n) is 10.2. The van der Waals surface area contributed by atoms with E-state index in [4.69, 9.17) is 0 Å². The molecule has 5 heteroatoms. The fraction of sp³-hybridized carbons (Fsp3) is 0.435. The molecule has 2 aliphatic rings. The molecular weight excluding hydrogens is 358 g/mol. The van der Waals surface area contributed by atoms with Gasteiger partial charge in [-0.05, 0) is 85.6 Å². The molecule has 1 aromatic carbocycles. The number of pyridine rings is 1. The Balaban J connectivity index is 1.37. The van der Waals surface area contributed by atoms with Gasteiger partial charge in [0.1, 0.15) is 0 Å². The molecule has 2 aromatic heterocycles. The van der Waals surface area contributed by atoms with Crippen LogP contribution in [0.15, 0.2) is 42.9 Å². The molecule has 0 amide bonds. The van der Waals surface area contributed by atoms with Gasteiger partial charge in [-0.2, -0.15) is 0 Å². The minimum absolute atomic E-state index is 0.173. The molecule has 3 nitrogen and oxygen atoms in total. The molecule has 2 heterocycles. The number of hydrogen-bond donors (Lipinski definition) is 1. The van der Waals surface area contributed by atoms with Crippen LogP contribution >= 0.6 is 0 Å². The Bertz CT molecular complexity index is 1000. The molecule has 0 aliphatic heterocycles. The number of aliphatic hydroxyl groups excluding tert-OH is 1. The van der Waals surface area contributed by atoms with E-state index in [1.165, 1.54) is 30.5 Å². The molecule has 0 bridgehead atoms. The molecule has 2 aliphatic carbocycles. The Morgan fingerprint density at radius 3 is 2.39 bits per heavy atom. The molecule has 2 fully saturated rings. The van der Waals surface area contributed by atoms with E-state index in [1.54, 1.807) is 12.4 Å². The summed E-state index contributed by atoms with van der Waals surface area (Å²) in [6.45, 7) is 0. The molecule has 1 N–H and O–H groups in total. The maximum absolute atomic E-state index is 13.6. The summed E-state index contributed by atoms with van der Waals surface area (Å²) in [7, 11) is 0. The molecule has 0 saturated heterocycles. The molecule has 0 spiro atoms. The molecule has 2 saturated carbocycles. The lowest BCUT2D eigenvalue weighted by Crippen LogP contribution is -2.22. The van der Waals surface area contributed by atoms with Crippen molar-refractivity contribution >= 4 is 5.52 Å². The maximum Gasteiger partial charge on any atom is 0.159 e. The number of rotatable bonds is 4. The quantitative estimate of drug-likeness (QED) is 0.647. The second-order valence-electron chi connectivity index (χ2n) is 8.37. The number of aromatic nitrogens is 2. The Kier molecular flexibility index (Phi) is 4.43. The van der Waals surface area contributed by atoms with Crippen molar-refractivity contribution in [2.45, 2.75) is 56.5 Å². The van der Waals surface area contributed by atoms with Gasteiger partial charge in [0.05, 0.1) is 29.8 Å². The maximum atomic E-state index is 13.6. The van der Waals surface area contributed by atoms with E-state index >= 15 is 0 Å². The predicted octanol–water partition coefficient (Wildman–Crippen LogP) is 5.50. The van der Waals surface area contributed by atoms with Gasteiger partial charge in [-0.25, -0.2) is 13.8 Å². The lowest BCUT2D eigenvalue weighted by molar-refractivity contribution is 0.0754. The number of imidazole rings is 1. The molecular formula is C23H24F2N2O. The highest BCUT2D eigenvalue weighted by atomic mass is 19.2. The van der Waals surface area contributed by atoms with Crippen molar-refractivity contribution in [2.24, 2.45) is 5.92 Å².